The van der Waals surface area contributed by atoms with E-state index in [4.69, 9.17) is 10.5 Å². The van der Waals surface area contributed by atoms with Crippen molar-refractivity contribution in [1.82, 2.24) is 4.98 Å². The second-order valence-corrected chi connectivity index (χ2v) is 5.19. The zero-order chi connectivity index (χ0) is 11.4. The Balaban J connectivity index is 2.23. The van der Waals surface area contributed by atoms with Gasteiger partial charge < -0.3 is 10.5 Å². The van der Waals surface area contributed by atoms with Gasteiger partial charge in [-0.2, -0.15) is 0 Å². The third kappa shape index (κ3) is 2.29. The van der Waals surface area contributed by atoms with Crippen LogP contribution < -0.4 is 5.73 Å². The fourth-order valence-electron chi connectivity index (χ4n) is 2.43. The minimum atomic E-state index is -0.106. The van der Waals surface area contributed by atoms with E-state index in [1.165, 1.54) is 19.3 Å². The van der Waals surface area contributed by atoms with Gasteiger partial charge in [-0.05, 0) is 19.8 Å². The van der Waals surface area contributed by atoms with E-state index in [9.17, 15) is 0 Å². The van der Waals surface area contributed by atoms with Gasteiger partial charge in [0.25, 0.3) is 0 Å². The van der Waals surface area contributed by atoms with Crippen LogP contribution in [-0.2, 0) is 16.9 Å². The van der Waals surface area contributed by atoms with Crippen molar-refractivity contribution in [2.75, 3.05) is 6.61 Å². The number of thiazole rings is 1. The smallest absolute Gasteiger partial charge is 0.125 e. The third-order valence-corrected chi connectivity index (χ3v) is 4.31. The predicted molar refractivity (Wildman–Crippen MR) is 66.4 cm³/mol. The molecule has 0 saturated heterocycles. The molecule has 1 aliphatic carbocycles. The number of aromatic nitrogens is 1. The molecule has 2 rings (SSSR count). The zero-order valence-electron chi connectivity index (χ0n) is 9.87. The van der Waals surface area contributed by atoms with Crippen LogP contribution in [0.5, 0.6) is 0 Å². The van der Waals surface area contributed by atoms with Crippen LogP contribution >= 0.6 is 11.3 Å². The molecule has 4 heteroatoms. The molecule has 0 aromatic carbocycles. The summed E-state index contributed by atoms with van der Waals surface area (Å²) in [5.74, 6) is 0. The van der Waals surface area contributed by atoms with E-state index in [0.717, 1.165) is 30.2 Å². The minimum Gasteiger partial charge on any atom is -0.368 e. The summed E-state index contributed by atoms with van der Waals surface area (Å²) in [4.78, 5) is 4.61. The summed E-state index contributed by atoms with van der Waals surface area (Å²) in [5, 5.41) is 3.19. The monoisotopic (exact) mass is 240 g/mol. The molecular formula is C12H20N2OS. The van der Waals surface area contributed by atoms with Crippen LogP contribution in [0.4, 0.5) is 0 Å². The normalized spacial score (nSPS) is 19.9. The van der Waals surface area contributed by atoms with Crippen LogP contribution in [0.15, 0.2) is 5.38 Å². The lowest BCUT2D eigenvalue weighted by Gasteiger charge is -2.35. The molecule has 1 aromatic heterocycles. The molecule has 0 spiro atoms. The van der Waals surface area contributed by atoms with E-state index < -0.39 is 0 Å². The first-order chi connectivity index (χ1) is 7.80. The Kier molecular flexibility index (Phi) is 3.95. The van der Waals surface area contributed by atoms with Gasteiger partial charge in [0.1, 0.15) is 10.6 Å². The molecule has 0 bridgehead atoms. The number of rotatable bonds is 4. The standard InChI is InChI=1S/C12H20N2OS/c1-2-15-12(6-4-3-5-7-12)11-14-10(8-13)9-16-11/h9H,2-8,13H2,1H3. The maximum Gasteiger partial charge on any atom is 0.125 e. The van der Waals surface area contributed by atoms with Crippen molar-refractivity contribution in [3.63, 3.8) is 0 Å². The minimum absolute atomic E-state index is 0.106. The van der Waals surface area contributed by atoms with Gasteiger partial charge in [-0.25, -0.2) is 4.98 Å². The average Bonchev–Trinajstić information content (AvgIpc) is 2.80. The van der Waals surface area contributed by atoms with Gasteiger partial charge in [0, 0.05) is 18.5 Å². The Hall–Kier alpha value is -0.450. The van der Waals surface area contributed by atoms with Crippen LogP contribution in [0, 0.1) is 0 Å². The molecule has 1 fully saturated rings. The van der Waals surface area contributed by atoms with Gasteiger partial charge in [0.15, 0.2) is 0 Å². The van der Waals surface area contributed by atoms with Crippen molar-refractivity contribution in [3.8, 4) is 0 Å². The van der Waals surface area contributed by atoms with E-state index >= 15 is 0 Å². The Morgan fingerprint density at radius 2 is 2.19 bits per heavy atom. The molecule has 2 N–H and O–H groups in total. The van der Waals surface area contributed by atoms with E-state index in [1.54, 1.807) is 11.3 Å². The molecule has 1 aromatic rings. The van der Waals surface area contributed by atoms with E-state index in [1.807, 2.05) is 0 Å². The number of nitrogens with zero attached hydrogens (tertiary/aromatic N) is 1. The Morgan fingerprint density at radius 1 is 1.44 bits per heavy atom. The van der Waals surface area contributed by atoms with Crippen molar-refractivity contribution in [2.24, 2.45) is 5.73 Å². The molecule has 3 nitrogen and oxygen atoms in total. The highest BCUT2D eigenvalue weighted by Gasteiger charge is 2.37. The van der Waals surface area contributed by atoms with Gasteiger partial charge in [0.2, 0.25) is 0 Å². The van der Waals surface area contributed by atoms with E-state index in [0.29, 0.717) is 6.54 Å². The molecule has 0 unspecified atom stereocenters. The summed E-state index contributed by atoms with van der Waals surface area (Å²) in [6.45, 7) is 3.35. The highest BCUT2D eigenvalue weighted by Crippen LogP contribution is 2.41. The van der Waals surface area contributed by atoms with Gasteiger partial charge in [0.05, 0.1) is 5.69 Å². The lowest BCUT2D eigenvalue weighted by atomic mass is 9.85. The average molecular weight is 240 g/mol. The molecule has 1 aliphatic rings. The van der Waals surface area contributed by atoms with Crippen LogP contribution in [0.2, 0.25) is 0 Å². The van der Waals surface area contributed by atoms with Crippen LogP contribution in [0.3, 0.4) is 0 Å². The molecule has 0 aliphatic heterocycles. The summed E-state index contributed by atoms with van der Waals surface area (Å²) in [5.41, 5.74) is 6.50. The van der Waals surface area contributed by atoms with E-state index in [-0.39, 0.29) is 5.60 Å². The highest BCUT2D eigenvalue weighted by atomic mass is 32.1. The molecule has 0 atom stereocenters. The van der Waals surface area contributed by atoms with Crippen LogP contribution in [0.25, 0.3) is 0 Å². The first-order valence-corrected chi connectivity index (χ1v) is 6.97. The number of hydrogen-bond acceptors (Lipinski definition) is 4. The summed E-state index contributed by atoms with van der Waals surface area (Å²) >= 11 is 1.70. The fraction of sp³-hybridized carbons (Fsp3) is 0.750. The summed E-state index contributed by atoms with van der Waals surface area (Å²) in [6.07, 6.45) is 6.04. The summed E-state index contributed by atoms with van der Waals surface area (Å²) < 4.78 is 6.02. The highest BCUT2D eigenvalue weighted by molar-refractivity contribution is 7.09. The van der Waals surface area contributed by atoms with Gasteiger partial charge >= 0.3 is 0 Å². The topological polar surface area (TPSA) is 48.1 Å². The first kappa shape index (κ1) is 12.0. The Morgan fingerprint density at radius 3 is 2.75 bits per heavy atom. The molecule has 0 radical (unpaired) electrons. The second-order valence-electron chi connectivity index (χ2n) is 4.34. The molecule has 1 saturated carbocycles. The van der Waals surface area contributed by atoms with Gasteiger partial charge in [-0.3, -0.25) is 0 Å². The van der Waals surface area contributed by atoms with Crippen molar-refractivity contribution in [3.05, 3.63) is 16.1 Å². The van der Waals surface area contributed by atoms with Gasteiger partial charge in [-0.1, -0.05) is 19.3 Å². The zero-order valence-corrected chi connectivity index (χ0v) is 10.7. The molecule has 1 heterocycles. The molecule has 90 valence electrons. The Labute approximate surface area is 101 Å². The van der Waals surface area contributed by atoms with Crippen molar-refractivity contribution in [1.29, 1.82) is 0 Å². The largest absolute Gasteiger partial charge is 0.368 e. The number of hydrogen-bond donors (Lipinski definition) is 1. The first-order valence-electron chi connectivity index (χ1n) is 6.09. The lowest BCUT2D eigenvalue weighted by molar-refractivity contribution is -0.0705. The predicted octanol–water partition coefficient (Wildman–Crippen LogP) is 2.80. The summed E-state index contributed by atoms with van der Waals surface area (Å²) in [6, 6.07) is 0. The van der Waals surface area contributed by atoms with Crippen molar-refractivity contribution < 1.29 is 4.74 Å². The molecule has 16 heavy (non-hydrogen) atoms. The number of nitrogens with two attached hydrogens (primary N) is 1. The maximum absolute atomic E-state index is 6.02. The maximum atomic E-state index is 6.02. The third-order valence-electron chi connectivity index (χ3n) is 3.23. The van der Waals surface area contributed by atoms with Crippen molar-refractivity contribution in [2.45, 2.75) is 51.2 Å². The lowest BCUT2D eigenvalue weighted by Crippen LogP contribution is -2.32. The SMILES string of the molecule is CCOC1(c2nc(CN)cs2)CCCCC1. The molecule has 0 amide bonds. The van der Waals surface area contributed by atoms with Crippen LogP contribution in [0.1, 0.15) is 49.7 Å². The number of ether oxygens (including phenoxy) is 1. The summed E-state index contributed by atoms with van der Waals surface area (Å²) in [7, 11) is 0. The van der Waals surface area contributed by atoms with Gasteiger partial charge in [-0.15, -0.1) is 11.3 Å². The van der Waals surface area contributed by atoms with E-state index in [2.05, 4.69) is 17.3 Å². The molecular weight excluding hydrogens is 220 g/mol. The van der Waals surface area contributed by atoms with Crippen molar-refractivity contribution >= 4 is 11.3 Å². The fourth-order valence-corrected chi connectivity index (χ4v) is 3.47. The second kappa shape index (κ2) is 5.25. The van der Waals surface area contributed by atoms with Crippen LogP contribution in [-0.4, -0.2) is 11.6 Å². The Bertz CT molecular complexity index is 326. The quantitative estimate of drug-likeness (QED) is 0.880.